The summed E-state index contributed by atoms with van der Waals surface area (Å²) in [5, 5.41) is 12.0. The number of benzene rings is 1. The summed E-state index contributed by atoms with van der Waals surface area (Å²) in [5.74, 6) is -0.106. The van der Waals surface area contributed by atoms with E-state index in [1.165, 1.54) is 4.90 Å². The highest BCUT2D eigenvalue weighted by molar-refractivity contribution is 6.06. The van der Waals surface area contributed by atoms with Gasteiger partial charge in [-0.15, -0.1) is 12.4 Å². The molecule has 1 N–H and O–H groups in total. The summed E-state index contributed by atoms with van der Waals surface area (Å²) >= 11 is 0. The Bertz CT molecular complexity index is 647. The first-order chi connectivity index (χ1) is 10.6. The van der Waals surface area contributed by atoms with Crippen LogP contribution >= 0.6 is 12.4 Å². The number of urea groups is 1. The van der Waals surface area contributed by atoms with Crippen LogP contribution in [-0.4, -0.2) is 47.4 Å². The summed E-state index contributed by atoms with van der Waals surface area (Å²) < 4.78 is 0. The van der Waals surface area contributed by atoms with E-state index in [0.717, 1.165) is 18.7 Å². The highest BCUT2D eigenvalue weighted by Crippen LogP contribution is 2.35. The van der Waals surface area contributed by atoms with Crippen molar-refractivity contribution >= 4 is 24.3 Å². The Morgan fingerprint density at radius 3 is 2.39 bits per heavy atom. The first kappa shape index (κ1) is 17.3. The molecule has 0 atom stereocenters. The van der Waals surface area contributed by atoms with E-state index in [2.05, 4.69) is 11.4 Å². The van der Waals surface area contributed by atoms with Crippen LogP contribution in [0.3, 0.4) is 0 Å². The fourth-order valence-electron chi connectivity index (χ4n) is 3.24. The SMILES string of the molecule is CN1C(=O)N(Cc2ccc(C#N)cc2)C(=O)C12CCNCC2.Cl. The normalized spacial score (nSPS) is 19.7. The number of carbonyl (C=O) groups excluding carboxylic acids is 2. The zero-order valence-corrected chi connectivity index (χ0v) is 13.7. The number of nitriles is 1. The largest absolute Gasteiger partial charge is 0.327 e. The molecule has 3 amide bonds. The summed E-state index contributed by atoms with van der Waals surface area (Å²) in [7, 11) is 1.71. The van der Waals surface area contributed by atoms with Gasteiger partial charge in [0.05, 0.1) is 18.2 Å². The number of imide groups is 1. The lowest BCUT2D eigenvalue weighted by atomic mass is 9.87. The second-order valence-corrected chi connectivity index (χ2v) is 5.82. The molecule has 0 aromatic heterocycles. The molecule has 2 aliphatic heterocycles. The molecule has 2 fully saturated rings. The summed E-state index contributed by atoms with van der Waals surface area (Å²) in [6.07, 6.45) is 1.30. The van der Waals surface area contributed by atoms with E-state index in [4.69, 9.17) is 5.26 Å². The third-order valence-electron chi connectivity index (χ3n) is 4.66. The van der Waals surface area contributed by atoms with Crippen molar-refractivity contribution in [2.45, 2.75) is 24.9 Å². The van der Waals surface area contributed by atoms with E-state index in [1.54, 1.807) is 36.2 Å². The lowest BCUT2D eigenvalue weighted by Crippen LogP contribution is -2.54. The van der Waals surface area contributed by atoms with Crippen molar-refractivity contribution in [3.63, 3.8) is 0 Å². The highest BCUT2D eigenvalue weighted by atomic mass is 35.5. The Kier molecular flexibility index (Phi) is 4.93. The molecule has 2 heterocycles. The minimum Gasteiger partial charge on any atom is -0.317 e. The van der Waals surface area contributed by atoms with Gasteiger partial charge in [0.2, 0.25) is 0 Å². The van der Waals surface area contributed by atoms with Gasteiger partial charge in [-0.25, -0.2) is 4.79 Å². The molecule has 0 radical (unpaired) electrons. The van der Waals surface area contributed by atoms with Gasteiger partial charge in [0.25, 0.3) is 5.91 Å². The van der Waals surface area contributed by atoms with Crippen LogP contribution < -0.4 is 5.32 Å². The van der Waals surface area contributed by atoms with Crippen LogP contribution in [-0.2, 0) is 11.3 Å². The summed E-state index contributed by atoms with van der Waals surface area (Å²) in [5.41, 5.74) is 0.726. The van der Waals surface area contributed by atoms with Crippen molar-refractivity contribution in [1.29, 1.82) is 5.26 Å². The van der Waals surface area contributed by atoms with E-state index in [0.29, 0.717) is 18.4 Å². The van der Waals surface area contributed by atoms with Gasteiger partial charge < -0.3 is 10.2 Å². The van der Waals surface area contributed by atoms with Crippen molar-refractivity contribution in [2.24, 2.45) is 0 Å². The average molecular weight is 335 g/mol. The molecule has 6 nitrogen and oxygen atoms in total. The van der Waals surface area contributed by atoms with Gasteiger partial charge in [-0.05, 0) is 43.6 Å². The molecule has 3 rings (SSSR count). The lowest BCUT2D eigenvalue weighted by Gasteiger charge is -2.36. The third-order valence-corrected chi connectivity index (χ3v) is 4.66. The molecular formula is C16H19ClN4O2. The number of amides is 3. The molecule has 1 aromatic carbocycles. The maximum absolute atomic E-state index is 12.8. The molecular weight excluding hydrogens is 316 g/mol. The van der Waals surface area contributed by atoms with Crippen LogP contribution in [0.4, 0.5) is 4.79 Å². The number of rotatable bonds is 2. The van der Waals surface area contributed by atoms with E-state index in [1.807, 2.05) is 0 Å². The average Bonchev–Trinajstić information content (AvgIpc) is 2.73. The molecule has 1 aromatic rings. The number of halogens is 1. The van der Waals surface area contributed by atoms with Crippen LogP contribution in [0.2, 0.25) is 0 Å². The van der Waals surface area contributed by atoms with Crippen molar-refractivity contribution in [2.75, 3.05) is 20.1 Å². The monoisotopic (exact) mass is 334 g/mol. The summed E-state index contributed by atoms with van der Waals surface area (Å²) in [6, 6.07) is 8.78. The van der Waals surface area contributed by atoms with Crippen molar-refractivity contribution in [3.05, 3.63) is 35.4 Å². The molecule has 122 valence electrons. The Morgan fingerprint density at radius 2 is 1.83 bits per heavy atom. The van der Waals surface area contributed by atoms with E-state index < -0.39 is 5.54 Å². The van der Waals surface area contributed by atoms with Gasteiger partial charge in [-0.3, -0.25) is 9.69 Å². The van der Waals surface area contributed by atoms with Crippen LogP contribution in [0.5, 0.6) is 0 Å². The first-order valence-corrected chi connectivity index (χ1v) is 7.38. The number of hydrogen-bond acceptors (Lipinski definition) is 4. The molecule has 2 saturated heterocycles. The smallest absolute Gasteiger partial charge is 0.317 e. The Balaban J connectivity index is 0.00000192. The lowest BCUT2D eigenvalue weighted by molar-refractivity contribution is -0.134. The Hall–Kier alpha value is -2.10. The van der Waals surface area contributed by atoms with Crippen LogP contribution in [0, 0.1) is 11.3 Å². The van der Waals surface area contributed by atoms with E-state index in [9.17, 15) is 9.59 Å². The molecule has 0 saturated carbocycles. The highest BCUT2D eigenvalue weighted by Gasteiger charge is 2.55. The maximum Gasteiger partial charge on any atom is 0.327 e. The standard InChI is InChI=1S/C16H18N4O2.ClH/c1-19-15(22)20(11-13-4-2-12(10-17)3-5-13)14(21)16(19)6-8-18-9-7-16;/h2-5,18H,6-9,11H2,1H3;1H. The van der Waals surface area contributed by atoms with Crippen LogP contribution in [0.15, 0.2) is 24.3 Å². The maximum atomic E-state index is 12.8. The van der Waals surface area contributed by atoms with E-state index >= 15 is 0 Å². The van der Waals surface area contributed by atoms with Gasteiger partial charge in [0.1, 0.15) is 5.54 Å². The van der Waals surface area contributed by atoms with E-state index in [-0.39, 0.29) is 30.9 Å². The van der Waals surface area contributed by atoms with Crippen molar-refractivity contribution in [1.82, 2.24) is 15.1 Å². The minimum atomic E-state index is -0.686. The Morgan fingerprint density at radius 1 is 1.22 bits per heavy atom. The molecule has 0 bridgehead atoms. The summed E-state index contributed by atoms with van der Waals surface area (Å²) in [4.78, 5) is 28.2. The molecule has 1 spiro atoms. The van der Waals surface area contributed by atoms with Crippen molar-refractivity contribution < 1.29 is 9.59 Å². The molecule has 7 heteroatoms. The molecule has 0 unspecified atom stereocenters. The molecule has 23 heavy (non-hydrogen) atoms. The summed E-state index contributed by atoms with van der Waals surface area (Å²) in [6.45, 7) is 1.74. The minimum absolute atomic E-state index is 0. The van der Waals surface area contributed by atoms with Gasteiger partial charge in [0.15, 0.2) is 0 Å². The van der Waals surface area contributed by atoms with Gasteiger partial charge in [-0.2, -0.15) is 5.26 Å². The molecule has 2 aliphatic rings. The topological polar surface area (TPSA) is 76.4 Å². The Labute approximate surface area is 141 Å². The van der Waals surface area contributed by atoms with Crippen molar-refractivity contribution in [3.8, 4) is 6.07 Å². The fourth-order valence-corrected chi connectivity index (χ4v) is 3.24. The number of nitrogens with one attached hydrogen (secondary N) is 1. The number of piperidine rings is 1. The third kappa shape index (κ3) is 2.78. The number of carbonyl (C=O) groups is 2. The predicted molar refractivity (Wildman–Crippen MR) is 86.9 cm³/mol. The van der Waals surface area contributed by atoms with Crippen LogP contribution in [0.1, 0.15) is 24.0 Å². The quantitative estimate of drug-likeness (QED) is 0.831. The molecule has 0 aliphatic carbocycles. The fraction of sp³-hybridized carbons (Fsp3) is 0.438. The van der Waals surface area contributed by atoms with Gasteiger partial charge >= 0.3 is 6.03 Å². The zero-order chi connectivity index (χ0) is 15.7. The predicted octanol–water partition coefficient (Wildman–Crippen LogP) is 1.50. The first-order valence-electron chi connectivity index (χ1n) is 7.38. The van der Waals surface area contributed by atoms with Crippen LogP contribution in [0.25, 0.3) is 0 Å². The number of hydrogen-bond donors (Lipinski definition) is 1. The van der Waals surface area contributed by atoms with Gasteiger partial charge in [-0.1, -0.05) is 12.1 Å². The number of likely N-dealkylation sites (N-methyl/N-ethyl adjacent to an activating group) is 1. The second kappa shape index (κ2) is 6.57. The zero-order valence-electron chi connectivity index (χ0n) is 12.9. The van der Waals surface area contributed by atoms with Gasteiger partial charge in [0, 0.05) is 7.05 Å². The number of nitrogens with zero attached hydrogens (tertiary/aromatic N) is 3. The second-order valence-electron chi connectivity index (χ2n) is 5.82.